The molecule has 0 aliphatic carbocycles. The van der Waals surface area contributed by atoms with E-state index in [0.29, 0.717) is 26.2 Å². The average Bonchev–Trinajstić information content (AvgIpc) is 2.90. The lowest BCUT2D eigenvalue weighted by Gasteiger charge is -2.18. The second kappa shape index (κ2) is 8.41. The Morgan fingerprint density at radius 2 is 1.96 bits per heavy atom. The molecule has 126 valence electrons. The van der Waals surface area contributed by atoms with Gasteiger partial charge in [-0.05, 0) is 37.6 Å². The lowest BCUT2D eigenvalue weighted by Crippen LogP contribution is -2.40. The van der Waals surface area contributed by atoms with Gasteiger partial charge in [-0.3, -0.25) is 9.69 Å². The summed E-state index contributed by atoms with van der Waals surface area (Å²) < 4.78 is 5.40. The minimum Gasteiger partial charge on any atom is -0.494 e. The summed E-state index contributed by atoms with van der Waals surface area (Å²) >= 11 is 0. The number of rotatable bonds is 8. The SMILES string of the molecule is CCCCNC(=O)CN1CCN(c2ccc(OCC)cc2)C1=O. The summed E-state index contributed by atoms with van der Waals surface area (Å²) in [6.45, 7) is 6.56. The zero-order valence-corrected chi connectivity index (χ0v) is 13.9. The molecule has 1 saturated heterocycles. The fourth-order valence-electron chi connectivity index (χ4n) is 2.49. The molecule has 0 radical (unpaired) electrons. The van der Waals surface area contributed by atoms with E-state index in [9.17, 15) is 9.59 Å². The maximum Gasteiger partial charge on any atom is 0.325 e. The number of unbranched alkanes of at least 4 members (excludes halogenated alkanes) is 1. The van der Waals surface area contributed by atoms with E-state index in [1.807, 2.05) is 31.2 Å². The molecule has 1 aliphatic rings. The van der Waals surface area contributed by atoms with Crippen LogP contribution < -0.4 is 15.0 Å². The first kappa shape index (κ1) is 17.1. The van der Waals surface area contributed by atoms with Crippen LogP contribution in [0.3, 0.4) is 0 Å². The summed E-state index contributed by atoms with van der Waals surface area (Å²) in [5.41, 5.74) is 0.826. The summed E-state index contributed by atoms with van der Waals surface area (Å²) in [5.74, 6) is 0.690. The predicted octanol–water partition coefficient (Wildman–Crippen LogP) is 2.24. The van der Waals surface area contributed by atoms with Crippen LogP contribution in [0, 0.1) is 0 Å². The largest absolute Gasteiger partial charge is 0.494 e. The van der Waals surface area contributed by atoms with E-state index in [1.54, 1.807) is 9.80 Å². The number of nitrogens with one attached hydrogen (secondary N) is 1. The molecule has 0 bridgehead atoms. The monoisotopic (exact) mass is 319 g/mol. The Hall–Kier alpha value is -2.24. The Morgan fingerprint density at radius 3 is 2.61 bits per heavy atom. The number of anilines is 1. The number of hydrogen-bond acceptors (Lipinski definition) is 3. The van der Waals surface area contributed by atoms with Gasteiger partial charge in [0.2, 0.25) is 5.91 Å². The first-order valence-corrected chi connectivity index (χ1v) is 8.21. The van der Waals surface area contributed by atoms with Crippen LogP contribution in [-0.4, -0.2) is 49.6 Å². The van der Waals surface area contributed by atoms with Crippen molar-refractivity contribution in [1.29, 1.82) is 0 Å². The summed E-state index contributed by atoms with van der Waals surface area (Å²) in [7, 11) is 0. The molecule has 0 saturated carbocycles. The molecule has 1 aromatic rings. The van der Waals surface area contributed by atoms with Crippen molar-refractivity contribution >= 4 is 17.6 Å². The average molecular weight is 319 g/mol. The van der Waals surface area contributed by atoms with Crippen LogP contribution in [0.25, 0.3) is 0 Å². The van der Waals surface area contributed by atoms with Gasteiger partial charge >= 0.3 is 6.03 Å². The number of benzene rings is 1. The molecular weight excluding hydrogens is 294 g/mol. The molecule has 6 heteroatoms. The molecule has 23 heavy (non-hydrogen) atoms. The van der Waals surface area contributed by atoms with Gasteiger partial charge in [0.25, 0.3) is 0 Å². The number of urea groups is 1. The molecule has 2 rings (SSSR count). The number of carbonyl (C=O) groups excluding carboxylic acids is 2. The van der Waals surface area contributed by atoms with Gasteiger partial charge in [0.15, 0.2) is 0 Å². The lowest BCUT2D eigenvalue weighted by atomic mass is 10.3. The summed E-state index contributed by atoms with van der Waals surface area (Å²) in [6, 6.07) is 7.32. The zero-order chi connectivity index (χ0) is 16.7. The van der Waals surface area contributed by atoms with E-state index in [1.165, 1.54) is 0 Å². The predicted molar refractivity (Wildman–Crippen MR) is 89.8 cm³/mol. The number of ether oxygens (including phenoxy) is 1. The van der Waals surface area contributed by atoms with Gasteiger partial charge < -0.3 is 15.0 Å². The molecule has 1 N–H and O–H groups in total. The molecule has 1 fully saturated rings. The summed E-state index contributed by atoms with van der Waals surface area (Å²) in [5, 5.41) is 2.84. The highest BCUT2D eigenvalue weighted by molar-refractivity contribution is 5.96. The Morgan fingerprint density at radius 1 is 1.22 bits per heavy atom. The Balaban J connectivity index is 1.89. The highest BCUT2D eigenvalue weighted by atomic mass is 16.5. The van der Waals surface area contributed by atoms with E-state index in [0.717, 1.165) is 24.3 Å². The van der Waals surface area contributed by atoms with Crippen molar-refractivity contribution in [2.75, 3.05) is 37.7 Å². The van der Waals surface area contributed by atoms with E-state index < -0.39 is 0 Å². The molecule has 0 unspecified atom stereocenters. The van der Waals surface area contributed by atoms with Crippen molar-refractivity contribution in [1.82, 2.24) is 10.2 Å². The van der Waals surface area contributed by atoms with Crippen LogP contribution in [0.5, 0.6) is 5.75 Å². The van der Waals surface area contributed by atoms with Crippen LogP contribution >= 0.6 is 0 Å². The normalized spacial score (nSPS) is 14.3. The summed E-state index contributed by atoms with van der Waals surface area (Å²) in [4.78, 5) is 27.5. The topological polar surface area (TPSA) is 61.9 Å². The first-order valence-electron chi connectivity index (χ1n) is 8.21. The van der Waals surface area contributed by atoms with Crippen LogP contribution in [-0.2, 0) is 4.79 Å². The van der Waals surface area contributed by atoms with Gasteiger partial charge in [0.05, 0.1) is 6.61 Å². The third-order valence-electron chi connectivity index (χ3n) is 3.74. The first-order chi connectivity index (χ1) is 11.2. The van der Waals surface area contributed by atoms with Crippen molar-refractivity contribution in [3.8, 4) is 5.75 Å². The van der Waals surface area contributed by atoms with Gasteiger partial charge in [-0.2, -0.15) is 0 Å². The van der Waals surface area contributed by atoms with E-state index in [2.05, 4.69) is 12.2 Å². The molecule has 1 aliphatic heterocycles. The van der Waals surface area contributed by atoms with Crippen LogP contribution in [0.15, 0.2) is 24.3 Å². The van der Waals surface area contributed by atoms with Crippen molar-refractivity contribution in [2.45, 2.75) is 26.7 Å². The molecule has 0 aromatic heterocycles. The number of amides is 3. The van der Waals surface area contributed by atoms with Gasteiger partial charge in [0.1, 0.15) is 12.3 Å². The molecule has 0 spiro atoms. The van der Waals surface area contributed by atoms with E-state index in [4.69, 9.17) is 4.74 Å². The highest BCUT2D eigenvalue weighted by Crippen LogP contribution is 2.23. The fourth-order valence-corrected chi connectivity index (χ4v) is 2.49. The van der Waals surface area contributed by atoms with E-state index >= 15 is 0 Å². The summed E-state index contributed by atoms with van der Waals surface area (Å²) in [6.07, 6.45) is 1.99. The van der Waals surface area contributed by atoms with Crippen molar-refractivity contribution in [3.05, 3.63) is 24.3 Å². The van der Waals surface area contributed by atoms with Gasteiger partial charge in [0, 0.05) is 25.3 Å². The smallest absolute Gasteiger partial charge is 0.325 e. The molecule has 1 aromatic carbocycles. The third-order valence-corrected chi connectivity index (χ3v) is 3.74. The van der Waals surface area contributed by atoms with Crippen LogP contribution in [0.2, 0.25) is 0 Å². The van der Waals surface area contributed by atoms with Gasteiger partial charge in [-0.25, -0.2) is 4.79 Å². The van der Waals surface area contributed by atoms with Crippen molar-refractivity contribution in [3.63, 3.8) is 0 Å². The van der Waals surface area contributed by atoms with Gasteiger partial charge in [-0.1, -0.05) is 13.3 Å². The maximum absolute atomic E-state index is 12.4. The molecule has 0 atom stereocenters. The molecule has 3 amide bonds. The highest BCUT2D eigenvalue weighted by Gasteiger charge is 2.30. The standard InChI is InChI=1S/C17H25N3O3/c1-3-5-10-18-16(21)13-19-11-12-20(17(19)22)14-6-8-15(9-7-14)23-4-2/h6-9H,3-5,10-13H2,1-2H3,(H,18,21). The van der Waals surface area contributed by atoms with Crippen molar-refractivity contribution < 1.29 is 14.3 Å². The second-order valence-corrected chi connectivity index (χ2v) is 5.49. The number of carbonyl (C=O) groups is 2. The Bertz CT molecular complexity index is 530. The van der Waals surface area contributed by atoms with Crippen molar-refractivity contribution in [2.24, 2.45) is 0 Å². The lowest BCUT2D eigenvalue weighted by molar-refractivity contribution is -0.121. The third kappa shape index (κ3) is 4.61. The van der Waals surface area contributed by atoms with E-state index in [-0.39, 0.29) is 18.5 Å². The van der Waals surface area contributed by atoms with Gasteiger partial charge in [-0.15, -0.1) is 0 Å². The fraction of sp³-hybridized carbons (Fsp3) is 0.529. The minimum absolute atomic E-state index is 0.0969. The number of hydrogen-bond donors (Lipinski definition) is 1. The molecule has 1 heterocycles. The quantitative estimate of drug-likeness (QED) is 0.748. The second-order valence-electron chi connectivity index (χ2n) is 5.49. The Labute approximate surface area is 137 Å². The van der Waals surface area contributed by atoms with Crippen LogP contribution in [0.1, 0.15) is 26.7 Å². The Kier molecular flexibility index (Phi) is 6.26. The van der Waals surface area contributed by atoms with Crippen LogP contribution in [0.4, 0.5) is 10.5 Å². The minimum atomic E-state index is -0.125. The molecule has 6 nitrogen and oxygen atoms in total. The number of nitrogens with zero attached hydrogens (tertiary/aromatic N) is 2. The maximum atomic E-state index is 12.4. The molecular formula is C17H25N3O3. The zero-order valence-electron chi connectivity index (χ0n) is 13.9.